The molecule has 1 aromatic carbocycles. The van der Waals surface area contributed by atoms with Gasteiger partial charge in [0.1, 0.15) is 11.5 Å². The van der Waals surface area contributed by atoms with Crippen molar-refractivity contribution in [1.82, 2.24) is 0 Å². The van der Waals surface area contributed by atoms with Crippen LogP contribution in [0.5, 0.6) is 11.5 Å². The maximum atomic E-state index is 9.24. The van der Waals surface area contributed by atoms with E-state index in [1.807, 2.05) is 13.0 Å². The average Bonchev–Trinajstić information content (AvgIpc) is 2.15. The van der Waals surface area contributed by atoms with E-state index in [0.29, 0.717) is 0 Å². The van der Waals surface area contributed by atoms with Crippen LogP contribution in [-0.2, 0) is 6.42 Å². The Kier molecular flexibility index (Phi) is 3.77. The summed E-state index contributed by atoms with van der Waals surface area (Å²) in [6, 6.07) is 5.35. The number of phenols is 1. The molecule has 0 saturated carbocycles. The molecule has 0 amide bonds. The minimum Gasteiger partial charge on any atom is -0.508 e. The number of hydrogen-bond donors (Lipinski definition) is 2. The van der Waals surface area contributed by atoms with Gasteiger partial charge in [-0.05, 0) is 31.4 Å². The summed E-state index contributed by atoms with van der Waals surface area (Å²) in [5.41, 5.74) is 6.76. The third-order valence-electron chi connectivity index (χ3n) is 2.14. The van der Waals surface area contributed by atoms with Crippen molar-refractivity contribution >= 4 is 0 Å². The number of methoxy groups -OCH3 is 1. The maximum Gasteiger partial charge on any atom is 0.125 e. The van der Waals surface area contributed by atoms with E-state index in [9.17, 15) is 5.11 Å². The summed E-state index contributed by atoms with van der Waals surface area (Å²) in [4.78, 5) is 0. The molecule has 3 N–H and O–H groups in total. The van der Waals surface area contributed by atoms with Gasteiger partial charge in [-0.3, -0.25) is 0 Å². The van der Waals surface area contributed by atoms with Crippen molar-refractivity contribution < 1.29 is 9.84 Å². The van der Waals surface area contributed by atoms with Gasteiger partial charge in [0.05, 0.1) is 7.11 Å². The molecule has 1 unspecified atom stereocenters. The van der Waals surface area contributed by atoms with Crippen molar-refractivity contribution in [3.63, 3.8) is 0 Å². The molecule has 14 heavy (non-hydrogen) atoms. The Morgan fingerprint density at radius 1 is 1.50 bits per heavy atom. The first-order valence-corrected chi connectivity index (χ1v) is 4.75. The van der Waals surface area contributed by atoms with E-state index in [1.165, 1.54) is 0 Å². The molecular formula is C11H17NO2. The molecular weight excluding hydrogens is 178 g/mol. The molecule has 3 heteroatoms. The van der Waals surface area contributed by atoms with Crippen molar-refractivity contribution in [1.29, 1.82) is 0 Å². The van der Waals surface area contributed by atoms with Gasteiger partial charge < -0.3 is 15.6 Å². The van der Waals surface area contributed by atoms with Crippen LogP contribution < -0.4 is 10.5 Å². The number of ether oxygens (including phenoxy) is 1. The van der Waals surface area contributed by atoms with E-state index in [4.69, 9.17) is 10.5 Å². The Morgan fingerprint density at radius 2 is 2.21 bits per heavy atom. The fourth-order valence-electron chi connectivity index (χ4n) is 1.32. The van der Waals surface area contributed by atoms with Crippen LogP contribution in [0.4, 0.5) is 0 Å². The topological polar surface area (TPSA) is 55.5 Å². The van der Waals surface area contributed by atoms with Gasteiger partial charge in [0, 0.05) is 12.1 Å². The summed E-state index contributed by atoms with van der Waals surface area (Å²) < 4.78 is 5.16. The predicted octanol–water partition coefficient (Wildman–Crippen LogP) is 1.68. The third kappa shape index (κ3) is 2.92. The van der Waals surface area contributed by atoms with Crippen molar-refractivity contribution in [2.75, 3.05) is 7.11 Å². The highest BCUT2D eigenvalue weighted by atomic mass is 16.5. The fraction of sp³-hybridized carbons (Fsp3) is 0.455. The summed E-state index contributed by atoms with van der Waals surface area (Å²) in [7, 11) is 1.60. The van der Waals surface area contributed by atoms with Gasteiger partial charge in [-0.2, -0.15) is 0 Å². The molecule has 0 aliphatic rings. The zero-order valence-electron chi connectivity index (χ0n) is 8.66. The smallest absolute Gasteiger partial charge is 0.125 e. The largest absolute Gasteiger partial charge is 0.508 e. The zero-order valence-corrected chi connectivity index (χ0v) is 8.66. The Bertz CT molecular complexity index is 297. The number of phenolic OH excluding ortho intramolecular Hbond substituents is 1. The monoisotopic (exact) mass is 195 g/mol. The first-order valence-electron chi connectivity index (χ1n) is 4.75. The first kappa shape index (κ1) is 10.9. The second kappa shape index (κ2) is 4.86. The fourth-order valence-corrected chi connectivity index (χ4v) is 1.32. The van der Waals surface area contributed by atoms with Gasteiger partial charge in [0.15, 0.2) is 0 Å². The highest BCUT2D eigenvalue weighted by Crippen LogP contribution is 2.24. The van der Waals surface area contributed by atoms with Crippen LogP contribution in [0.3, 0.4) is 0 Å². The molecule has 0 fully saturated rings. The van der Waals surface area contributed by atoms with Gasteiger partial charge in [0.2, 0.25) is 0 Å². The Labute approximate surface area is 84.5 Å². The molecule has 78 valence electrons. The molecule has 1 atom stereocenters. The van der Waals surface area contributed by atoms with Crippen LogP contribution in [-0.4, -0.2) is 18.3 Å². The minimum absolute atomic E-state index is 0.188. The van der Waals surface area contributed by atoms with Crippen molar-refractivity contribution in [3.05, 3.63) is 23.8 Å². The number of hydrogen-bond acceptors (Lipinski definition) is 3. The number of aromatic hydroxyl groups is 1. The lowest BCUT2D eigenvalue weighted by molar-refractivity contribution is 0.401. The zero-order chi connectivity index (χ0) is 10.6. The van der Waals surface area contributed by atoms with Gasteiger partial charge in [-0.1, -0.05) is 6.07 Å². The normalized spacial score (nSPS) is 12.5. The maximum absolute atomic E-state index is 9.24. The SMILES string of the molecule is COc1cc(O)ccc1CCC(C)N. The van der Waals surface area contributed by atoms with E-state index < -0.39 is 0 Å². The number of rotatable bonds is 4. The molecule has 0 aliphatic carbocycles. The highest BCUT2D eigenvalue weighted by molar-refractivity contribution is 5.40. The average molecular weight is 195 g/mol. The van der Waals surface area contributed by atoms with Crippen LogP contribution in [0.1, 0.15) is 18.9 Å². The number of nitrogens with two attached hydrogens (primary N) is 1. The lowest BCUT2D eigenvalue weighted by Crippen LogP contribution is -2.15. The molecule has 0 radical (unpaired) electrons. The summed E-state index contributed by atoms with van der Waals surface area (Å²) in [6.45, 7) is 1.98. The summed E-state index contributed by atoms with van der Waals surface area (Å²) in [5.74, 6) is 0.956. The minimum atomic E-state index is 0.188. The van der Waals surface area contributed by atoms with E-state index >= 15 is 0 Å². The molecule has 0 bridgehead atoms. The van der Waals surface area contributed by atoms with Gasteiger partial charge in [-0.15, -0.1) is 0 Å². The van der Waals surface area contributed by atoms with Gasteiger partial charge in [0.25, 0.3) is 0 Å². The quantitative estimate of drug-likeness (QED) is 0.768. The van der Waals surface area contributed by atoms with Crippen LogP contribution in [0.2, 0.25) is 0 Å². The van der Waals surface area contributed by atoms with Crippen LogP contribution in [0.15, 0.2) is 18.2 Å². The Hall–Kier alpha value is -1.22. The summed E-state index contributed by atoms with van der Waals surface area (Å²) in [6.07, 6.45) is 1.79. The van der Waals surface area contributed by atoms with Crippen LogP contribution in [0.25, 0.3) is 0 Å². The number of aryl methyl sites for hydroxylation is 1. The second-order valence-electron chi connectivity index (χ2n) is 3.51. The number of benzene rings is 1. The molecule has 0 spiro atoms. The van der Waals surface area contributed by atoms with Crippen molar-refractivity contribution in [3.8, 4) is 11.5 Å². The lowest BCUT2D eigenvalue weighted by Gasteiger charge is -2.10. The van der Waals surface area contributed by atoms with Gasteiger partial charge in [-0.25, -0.2) is 0 Å². The Balaban J connectivity index is 2.75. The lowest BCUT2D eigenvalue weighted by atomic mass is 10.1. The molecule has 1 rings (SSSR count). The van der Waals surface area contributed by atoms with Crippen LogP contribution in [0, 0.1) is 0 Å². The molecule has 0 aromatic heterocycles. The predicted molar refractivity (Wildman–Crippen MR) is 56.6 cm³/mol. The third-order valence-corrected chi connectivity index (χ3v) is 2.14. The summed E-state index contributed by atoms with van der Waals surface area (Å²) >= 11 is 0. The van der Waals surface area contributed by atoms with E-state index in [2.05, 4.69) is 0 Å². The molecule has 3 nitrogen and oxygen atoms in total. The van der Waals surface area contributed by atoms with Crippen molar-refractivity contribution in [2.24, 2.45) is 5.73 Å². The van der Waals surface area contributed by atoms with Crippen LogP contribution >= 0.6 is 0 Å². The Morgan fingerprint density at radius 3 is 2.79 bits per heavy atom. The highest BCUT2D eigenvalue weighted by Gasteiger charge is 2.04. The van der Waals surface area contributed by atoms with Gasteiger partial charge >= 0.3 is 0 Å². The van der Waals surface area contributed by atoms with Crippen molar-refractivity contribution in [2.45, 2.75) is 25.8 Å². The molecule has 0 aliphatic heterocycles. The van der Waals surface area contributed by atoms with E-state index in [-0.39, 0.29) is 11.8 Å². The summed E-state index contributed by atoms with van der Waals surface area (Å²) in [5, 5.41) is 9.24. The second-order valence-corrected chi connectivity index (χ2v) is 3.51. The molecule has 1 aromatic rings. The molecule has 0 saturated heterocycles. The van der Waals surface area contributed by atoms with E-state index in [1.54, 1.807) is 19.2 Å². The first-order chi connectivity index (χ1) is 6.63. The van der Waals surface area contributed by atoms with E-state index in [0.717, 1.165) is 24.2 Å². The molecule has 0 heterocycles. The standard InChI is InChI=1S/C11H17NO2/c1-8(12)3-4-9-5-6-10(13)7-11(9)14-2/h5-8,13H,3-4,12H2,1-2H3.